The Balaban J connectivity index is 2.45. The van der Waals surface area contributed by atoms with Crippen molar-refractivity contribution < 1.29 is 9.53 Å². The molecule has 0 heterocycles. The molecule has 0 aromatic heterocycles. The van der Waals surface area contributed by atoms with Crippen LogP contribution in [0.5, 0.6) is 0 Å². The number of methoxy groups -OCH3 is 1. The van der Waals surface area contributed by atoms with Gasteiger partial charge in [0.05, 0.1) is 0 Å². The van der Waals surface area contributed by atoms with Crippen molar-refractivity contribution in [1.82, 2.24) is 0 Å². The van der Waals surface area contributed by atoms with E-state index in [1.807, 2.05) is 52.8 Å². The summed E-state index contributed by atoms with van der Waals surface area (Å²) in [5.41, 5.74) is 1.96. The first-order valence-electron chi connectivity index (χ1n) is 5.74. The SMILES string of the molecule is COC([Te])c1ccc(NC(=O)CCCSC)cc1. The van der Waals surface area contributed by atoms with Crippen molar-refractivity contribution in [2.75, 3.05) is 24.4 Å². The predicted octanol–water partition coefficient (Wildman–Crippen LogP) is 2.58. The van der Waals surface area contributed by atoms with Crippen LogP contribution in [0, 0.1) is 0 Å². The number of hydrogen-bond donors (Lipinski definition) is 1. The maximum atomic E-state index is 11.6. The number of amides is 1. The monoisotopic (exact) mass is 382 g/mol. The van der Waals surface area contributed by atoms with Gasteiger partial charge in [0, 0.05) is 0 Å². The number of hydrogen-bond acceptors (Lipinski definition) is 3. The third-order valence-corrected chi connectivity index (χ3v) is 4.46. The number of carbonyl (C=O) groups is 1. The number of anilines is 1. The maximum absolute atomic E-state index is 11.6. The summed E-state index contributed by atoms with van der Waals surface area (Å²) in [6, 6.07) is 7.79. The van der Waals surface area contributed by atoms with Gasteiger partial charge in [-0.15, -0.1) is 0 Å². The molecule has 5 heteroatoms. The number of rotatable bonds is 7. The van der Waals surface area contributed by atoms with Crippen LogP contribution in [0.25, 0.3) is 0 Å². The summed E-state index contributed by atoms with van der Waals surface area (Å²) >= 11 is 3.69. The minimum atomic E-state index is 0.0808. The van der Waals surface area contributed by atoms with Crippen LogP contribution in [0.15, 0.2) is 24.3 Å². The van der Waals surface area contributed by atoms with Crippen molar-refractivity contribution in [2.45, 2.75) is 17.0 Å². The summed E-state index contributed by atoms with van der Waals surface area (Å²) < 4.78 is 5.33. The summed E-state index contributed by atoms with van der Waals surface area (Å²) in [6.07, 6.45) is 3.55. The van der Waals surface area contributed by atoms with Crippen molar-refractivity contribution >= 4 is 45.7 Å². The molecule has 18 heavy (non-hydrogen) atoms. The Morgan fingerprint density at radius 3 is 2.67 bits per heavy atom. The zero-order chi connectivity index (χ0) is 13.4. The van der Waals surface area contributed by atoms with Crippen LogP contribution in [0.2, 0.25) is 0 Å². The molecule has 0 spiro atoms. The third-order valence-electron chi connectivity index (χ3n) is 2.43. The van der Waals surface area contributed by atoms with E-state index in [1.165, 1.54) is 0 Å². The molecule has 0 saturated heterocycles. The van der Waals surface area contributed by atoms with E-state index in [0.717, 1.165) is 23.4 Å². The Bertz CT molecular complexity index is 370. The topological polar surface area (TPSA) is 38.3 Å². The normalized spacial score (nSPS) is 12.2. The molecular formula is C13H18NO2STe. The van der Waals surface area contributed by atoms with E-state index in [-0.39, 0.29) is 10.1 Å². The van der Waals surface area contributed by atoms with E-state index in [4.69, 9.17) is 4.74 Å². The average molecular weight is 380 g/mol. The summed E-state index contributed by atoms with van der Waals surface area (Å²) in [6.45, 7) is 0. The molecule has 1 atom stereocenters. The van der Waals surface area contributed by atoms with Crippen LogP contribution in [-0.2, 0) is 9.53 Å². The second kappa shape index (κ2) is 8.82. The molecule has 0 saturated carbocycles. The Labute approximate surface area is 126 Å². The van der Waals surface area contributed by atoms with Crippen LogP contribution in [-0.4, -0.2) is 47.3 Å². The fourth-order valence-corrected chi connectivity index (χ4v) is 2.34. The Kier molecular flexibility index (Phi) is 7.76. The molecule has 0 bridgehead atoms. The van der Waals surface area contributed by atoms with Gasteiger partial charge in [-0.05, 0) is 0 Å². The number of thioether (sulfide) groups is 1. The quantitative estimate of drug-likeness (QED) is 0.584. The second-order valence-corrected chi connectivity index (χ2v) is 6.04. The molecule has 0 fully saturated rings. The van der Waals surface area contributed by atoms with Crippen molar-refractivity contribution in [3.05, 3.63) is 29.8 Å². The van der Waals surface area contributed by atoms with Crippen LogP contribution in [0.1, 0.15) is 22.6 Å². The van der Waals surface area contributed by atoms with Gasteiger partial charge < -0.3 is 0 Å². The average Bonchev–Trinajstić information content (AvgIpc) is 2.39. The fraction of sp³-hybridized carbons (Fsp3) is 0.462. The van der Waals surface area contributed by atoms with Gasteiger partial charge in [-0.2, -0.15) is 0 Å². The number of benzene rings is 1. The van der Waals surface area contributed by atoms with E-state index in [9.17, 15) is 4.79 Å². The van der Waals surface area contributed by atoms with Gasteiger partial charge in [0.15, 0.2) is 0 Å². The molecule has 3 nitrogen and oxygen atoms in total. The van der Waals surface area contributed by atoms with E-state index in [0.29, 0.717) is 6.42 Å². The van der Waals surface area contributed by atoms with Crippen LogP contribution < -0.4 is 5.32 Å². The molecule has 1 amide bonds. The van der Waals surface area contributed by atoms with Gasteiger partial charge in [0.1, 0.15) is 0 Å². The minimum absolute atomic E-state index is 0.0808. The molecule has 1 radical (unpaired) electrons. The standard InChI is InChI=1S/C13H18NO2STe/c1-16-13(18)10-5-7-11(8-6-10)14-12(15)4-3-9-17-2/h5-8,13H,3-4,9H2,1-2H3,(H,14,15). The zero-order valence-corrected chi connectivity index (χ0v) is 13.8. The summed E-state index contributed by atoms with van der Waals surface area (Å²) in [4.78, 5) is 11.6. The van der Waals surface area contributed by atoms with Gasteiger partial charge in [-0.1, -0.05) is 0 Å². The van der Waals surface area contributed by atoms with Crippen molar-refractivity contribution in [2.24, 2.45) is 0 Å². The predicted molar refractivity (Wildman–Crippen MR) is 78.2 cm³/mol. The van der Waals surface area contributed by atoms with Gasteiger partial charge in [-0.25, -0.2) is 0 Å². The Morgan fingerprint density at radius 1 is 1.44 bits per heavy atom. The molecule has 1 aromatic rings. The molecule has 0 aliphatic carbocycles. The Hall–Kier alpha value is -0.210. The molecule has 1 rings (SSSR count). The van der Waals surface area contributed by atoms with Gasteiger partial charge in [0.25, 0.3) is 0 Å². The number of nitrogens with one attached hydrogen (secondary N) is 1. The van der Waals surface area contributed by atoms with E-state index in [2.05, 4.69) is 5.32 Å². The molecule has 99 valence electrons. The molecule has 1 N–H and O–H groups in total. The van der Waals surface area contributed by atoms with E-state index < -0.39 is 0 Å². The van der Waals surface area contributed by atoms with Crippen molar-refractivity contribution in [3.8, 4) is 0 Å². The summed E-state index contributed by atoms with van der Waals surface area (Å²) in [7, 11) is 1.69. The second-order valence-electron chi connectivity index (χ2n) is 3.83. The number of carbonyl (C=O) groups excluding carboxylic acids is 1. The van der Waals surface area contributed by atoms with Crippen LogP contribution >= 0.6 is 11.8 Å². The fourth-order valence-electron chi connectivity index (χ4n) is 1.46. The Morgan fingerprint density at radius 2 is 2.11 bits per heavy atom. The third kappa shape index (κ3) is 5.62. The zero-order valence-electron chi connectivity index (χ0n) is 10.6. The van der Waals surface area contributed by atoms with Crippen LogP contribution in [0.3, 0.4) is 0 Å². The van der Waals surface area contributed by atoms with Gasteiger partial charge >= 0.3 is 126 Å². The molecule has 1 unspecified atom stereocenters. The van der Waals surface area contributed by atoms with Crippen molar-refractivity contribution in [1.29, 1.82) is 0 Å². The first kappa shape index (κ1) is 15.8. The summed E-state index contributed by atoms with van der Waals surface area (Å²) in [5, 5.41) is 2.90. The first-order valence-corrected chi connectivity index (χ1v) is 8.48. The van der Waals surface area contributed by atoms with Gasteiger partial charge in [-0.3, -0.25) is 0 Å². The number of ether oxygens (including phenoxy) is 1. The molecule has 0 aliphatic rings. The first-order chi connectivity index (χ1) is 8.67. The van der Waals surface area contributed by atoms with Crippen LogP contribution in [0.4, 0.5) is 5.69 Å². The molecule has 0 aliphatic heterocycles. The van der Waals surface area contributed by atoms with Crippen molar-refractivity contribution in [3.63, 3.8) is 0 Å². The van der Waals surface area contributed by atoms with E-state index >= 15 is 0 Å². The molecular weight excluding hydrogens is 362 g/mol. The van der Waals surface area contributed by atoms with Gasteiger partial charge in [0.2, 0.25) is 0 Å². The van der Waals surface area contributed by atoms with E-state index in [1.54, 1.807) is 18.9 Å². The summed E-state index contributed by atoms with van der Waals surface area (Å²) in [5.74, 6) is 1.11. The molecule has 1 aromatic carbocycles.